The summed E-state index contributed by atoms with van der Waals surface area (Å²) in [5, 5.41) is 8.76. The average molecular weight is 292 g/mol. The maximum atomic E-state index is 10.6. The van der Waals surface area contributed by atoms with Crippen LogP contribution in [0.3, 0.4) is 0 Å². The highest BCUT2D eigenvalue weighted by Crippen LogP contribution is 2.39. The van der Waals surface area contributed by atoms with Crippen LogP contribution in [0.2, 0.25) is 0 Å². The first kappa shape index (κ1) is 17.5. The summed E-state index contributed by atoms with van der Waals surface area (Å²) in [4.78, 5) is 10.6. The van der Waals surface area contributed by atoms with Gasteiger partial charge in [-0.05, 0) is 30.7 Å². The number of hydrogen-bond donors (Lipinski definition) is 1. The molecule has 0 radical (unpaired) electrons. The number of benzene rings is 1. The Bertz CT molecular complexity index is 442. The molecule has 0 bridgehead atoms. The van der Waals surface area contributed by atoms with Crippen molar-refractivity contribution in [3.05, 3.63) is 29.8 Å². The number of aliphatic carboxylic acids is 1. The van der Waals surface area contributed by atoms with Crippen LogP contribution in [-0.2, 0) is 10.2 Å². The van der Waals surface area contributed by atoms with E-state index in [-0.39, 0.29) is 11.8 Å². The molecule has 0 fully saturated rings. The zero-order chi connectivity index (χ0) is 15.7. The highest BCUT2D eigenvalue weighted by atomic mass is 16.5. The molecule has 0 aliphatic heterocycles. The molecular weight excluding hydrogens is 264 g/mol. The highest BCUT2D eigenvalue weighted by Gasteiger charge is 2.28. The Hall–Kier alpha value is -1.51. The Morgan fingerprint density at radius 1 is 1.19 bits per heavy atom. The normalized spacial score (nSPS) is 13.7. The van der Waals surface area contributed by atoms with E-state index in [1.807, 2.05) is 12.1 Å². The predicted octanol–water partition coefficient (Wildman–Crippen LogP) is 4.79. The van der Waals surface area contributed by atoms with Crippen molar-refractivity contribution in [2.45, 2.75) is 64.2 Å². The lowest BCUT2D eigenvalue weighted by Gasteiger charge is -2.32. The van der Waals surface area contributed by atoms with Crippen LogP contribution in [0, 0.1) is 0 Å². The van der Waals surface area contributed by atoms with Crippen molar-refractivity contribution in [3.8, 4) is 5.75 Å². The minimum atomic E-state index is -0.706. The fourth-order valence-electron chi connectivity index (χ4n) is 2.90. The van der Waals surface area contributed by atoms with Crippen LogP contribution in [0.5, 0.6) is 5.75 Å². The maximum Gasteiger partial charge on any atom is 0.303 e. The number of carboxylic acid groups (broad SMARTS) is 1. The summed E-state index contributed by atoms with van der Waals surface area (Å²) in [6.45, 7) is 4.48. The van der Waals surface area contributed by atoms with Crippen molar-refractivity contribution in [3.63, 3.8) is 0 Å². The molecule has 3 nitrogen and oxygen atoms in total. The Morgan fingerprint density at radius 2 is 1.86 bits per heavy atom. The van der Waals surface area contributed by atoms with Crippen LogP contribution in [0.4, 0.5) is 0 Å². The van der Waals surface area contributed by atoms with E-state index in [2.05, 4.69) is 26.0 Å². The van der Waals surface area contributed by atoms with Gasteiger partial charge in [0.2, 0.25) is 0 Å². The SMILES string of the molecule is CCCCC(C)(CCCCC(=O)O)c1ccccc1OC. The molecule has 0 saturated heterocycles. The number of para-hydroxylation sites is 1. The van der Waals surface area contributed by atoms with Crippen LogP contribution in [-0.4, -0.2) is 18.2 Å². The van der Waals surface area contributed by atoms with Gasteiger partial charge in [0.05, 0.1) is 7.11 Å². The lowest BCUT2D eigenvalue weighted by atomic mass is 9.74. The highest BCUT2D eigenvalue weighted by molar-refractivity contribution is 5.66. The molecule has 0 spiro atoms. The molecule has 3 heteroatoms. The van der Waals surface area contributed by atoms with Crippen molar-refractivity contribution >= 4 is 5.97 Å². The average Bonchev–Trinajstić information content (AvgIpc) is 2.49. The molecule has 0 saturated carbocycles. The number of carbonyl (C=O) groups is 1. The third kappa shape index (κ3) is 5.41. The molecule has 118 valence electrons. The number of carboxylic acids is 1. The van der Waals surface area contributed by atoms with Gasteiger partial charge in [-0.15, -0.1) is 0 Å². The standard InChI is InChI=1S/C18H28O3/c1-4-5-13-18(2,14-9-8-12-17(19)20)15-10-6-7-11-16(15)21-3/h6-7,10-11H,4-5,8-9,12-14H2,1-3H3,(H,19,20). The van der Waals surface area contributed by atoms with E-state index in [9.17, 15) is 4.79 Å². The van der Waals surface area contributed by atoms with Gasteiger partial charge in [0.15, 0.2) is 0 Å². The van der Waals surface area contributed by atoms with Crippen LogP contribution < -0.4 is 4.74 Å². The molecule has 0 aliphatic rings. The van der Waals surface area contributed by atoms with Crippen LogP contribution in [0.1, 0.15) is 64.4 Å². The Morgan fingerprint density at radius 3 is 2.48 bits per heavy atom. The van der Waals surface area contributed by atoms with E-state index < -0.39 is 5.97 Å². The summed E-state index contributed by atoms with van der Waals surface area (Å²) in [7, 11) is 1.71. The molecule has 0 aromatic heterocycles. The van der Waals surface area contributed by atoms with Crippen molar-refractivity contribution in [2.24, 2.45) is 0 Å². The number of hydrogen-bond acceptors (Lipinski definition) is 2. The quantitative estimate of drug-likeness (QED) is 0.631. The molecule has 1 aromatic rings. The molecule has 1 N–H and O–H groups in total. The van der Waals surface area contributed by atoms with E-state index in [0.29, 0.717) is 0 Å². The predicted molar refractivity (Wildman–Crippen MR) is 86.0 cm³/mol. The zero-order valence-electron chi connectivity index (χ0n) is 13.5. The first-order valence-corrected chi connectivity index (χ1v) is 7.89. The van der Waals surface area contributed by atoms with Crippen molar-refractivity contribution < 1.29 is 14.6 Å². The molecule has 21 heavy (non-hydrogen) atoms. The Balaban J connectivity index is 2.83. The topological polar surface area (TPSA) is 46.5 Å². The van der Waals surface area contributed by atoms with Gasteiger partial charge in [-0.3, -0.25) is 4.79 Å². The van der Waals surface area contributed by atoms with Gasteiger partial charge >= 0.3 is 5.97 Å². The van der Waals surface area contributed by atoms with Crippen LogP contribution in [0.15, 0.2) is 24.3 Å². The maximum absolute atomic E-state index is 10.6. The van der Waals surface area contributed by atoms with Crippen LogP contribution in [0.25, 0.3) is 0 Å². The number of ether oxygens (including phenoxy) is 1. The molecule has 1 unspecified atom stereocenters. The van der Waals surface area contributed by atoms with Gasteiger partial charge in [-0.2, -0.15) is 0 Å². The van der Waals surface area contributed by atoms with E-state index in [0.717, 1.165) is 31.4 Å². The number of rotatable bonds is 10. The second kappa shape index (κ2) is 8.71. The second-order valence-electron chi connectivity index (χ2n) is 5.97. The zero-order valence-corrected chi connectivity index (χ0v) is 13.5. The number of methoxy groups -OCH3 is 1. The largest absolute Gasteiger partial charge is 0.496 e. The van der Waals surface area contributed by atoms with Gasteiger partial charge in [0.25, 0.3) is 0 Å². The fraction of sp³-hybridized carbons (Fsp3) is 0.611. The first-order chi connectivity index (χ1) is 10.0. The van der Waals surface area contributed by atoms with Crippen molar-refractivity contribution in [2.75, 3.05) is 7.11 Å². The molecule has 0 aliphatic carbocycles. The molecule has 0 amide bonds. The summed E-state index contributed by atoms with van der Waals surface area (Å²) in [5.41, 5.74) is 1.30. The fourth-order valence-corrected chi connectivity index (χ4v) is 2.90. The van der Waals surface area contributed by atoms with E-state index in [1.165, 1.54) is 18.4 Å². The van der Waals surface area contributed by atoms with Gasteiger partial charge in [0, 0.05) is 12.0 Å². The van der Waals surface area contributed by atoms with Crippen molar-refractivity contribution in [1.29, 1.82) is 0 Å². The molecule has 1 rings (SSSR count). The second-order valence-corrected chi connectivity index (χ2v) is 5.97. The Kier molecular flexibility index (Phi) is 7.27. The summed E-state index contributed by atoms with van der Waals surface area (Å²) in [6.07, 6.45) is 6.39. The molecular formula is C18H28O3. The summed E-state index contributed by atoms with van der Waals surface area (Å²) in [5.74, 6) is 0.233. The molecule has 1 aromatic carbocycles. The number of unbranched alkanes of at least 4 members (excludes halogenated alkanes) is 2. The Labute approximate surface area is 128 Å². The minimum absolute atomic E-state index is 0.0567. The van der Waals surface area contributed by atoms with Crippen molar-refractivity contribution in [1.82, 2.24) is 0 Å². The van der Waals surface area contributed by atoms with E-state index in [4.69, 9.17) is 9.84 Å². The van der Waals surface area contributed by atoms with Crippen LogP contribution >= 0.6 is 0 Å². The third-order valence-corrected chi connectivity index (χ3v) is 4.21. The monoisotopic (exact) mass is 292 g/mol. The summed E-state index contributed by atoms with van der Waals surface area (Å²) in [6, 6.07) is 8.20. The van der Waals surface area contributed by atoms with E-state index >= 15 is 0 Å². The third-order valence-electron chi connectivity index (χ3n) is 4.21. The van der Waals surface area contributed by atoms with Gasteiger partial charge < -0.3 is 9.84 Å². The van der Waals surface area contributed by atoms with Gasteiger partial charge in [-0.25, -0.2) is 0 Å². The lowest BCUT2D eigenvalue weighted by molar-refractivity contribution is -0.137. The minimum Gasteiger partial charge on any atom is -0.496 e. The first-order valence-electron chi connectivity index (χ1n) is 7.89. The molecule has 1 atom stereocenters. The smallest absolute Gasteiger partial charge is 0.303 e. The summed E-state index contributed by atoms with van der Waals surface area (Å²) >= 11 is 0. The van der Waals surface area contributed by atoms with Gasteiger partial charge in [-0.1, -0.05) is 51.3 Å². The lowest BCUT2D eigenvalue weighted by Crippen LogP contribution is -2.23. The van der Waals surface area contributed by atoms with Gasteiger partial charge in [0.1, 0.15) is 5.75 Å². The van der Waals surface area contributed by atoms with E-state index in [1.54, 1.807) is 7.11 Å². The summed E-state index contributed by atoms with van der Waals surface area (Å²) < 4.78 is 5.52. The molecule has 0 heterocycles.